The van der Waals surface area contributed by atoms with Crippen molar-refractivity contribution in [2.24, 2.45) is 0 Å². The van der Waals surface area contributed by atoms with Crippen LogP contribution in [0.1, 0.15) is 5.56 Å². The molecule has 0 saturated carbocycles. The molecule has 0 radical (unpaired) electrons. The molecule has 2 N–H and O–H groups in total. The number of benzene rings is 1. The summed E-state index contributed by atoms with van der Waals surface area (Å²) in [4.78, 5) is 0. The maximum Gasteiger partial charge on any atom is 0.141 e. The quantitative estimate of drug-likeness (QED) is 0.820. The van der Waals surface area contributed by atoms with Gasteiger partial charge in [0.2, 0.25) is 0 Å². The first-order valence-electron chi connectivity index (χ1n) is 3.43. The molecule has 0 heterocycles. The van der Waals surface area contributed by atoms with E-state index in [9.17, 15) is 9.50 Å². The van der Waals surface area contributed by atoms with Crippen molar-refractivity contribution in [3.8, 4) is 5.75 Å². The summed E-state index contributed by atoms with van der Waals surface area (Å²) in [6.45, 7) is -0.0639. The van der Waals surface area contributed by atoms with Gasteiger partial charge in [-0.05, 0) is 34.0 Å². The highest BCUT2D eigenvalue weighted by molar-refractivity contribution is 9.10. The molecule has 4 heteroatoms. The van der Waals surface area contributed by atoms with E-state index in [0.29, 0.717) is 16.5 Å². The van der Waals surface area contributed by atoms with Gasteiger partial charge in [0.15, 0.2) is 0 Å². The molecule has 0 bridgehead atoms. The second kappa shape index (κ2) is 3.87. The largest absolute Gasteiger partial charge is 0.508 e. The summed E-state index contributed by atoms with van der Waals surface area (Å²) in [5.74, 6) is -0.626. The van der Waals surface area contributed by atoms with Crippen LogP contribution in [0.15, 0.2) is 16.6 Å². The van der Waals surface area contributed by atoms with Gasteiger partial charge in [0.1, 0.15) is 11.6 Å². The van der Waals surface area contributed by atoms with Gasteiger partial charge in [-0.15, -0.1) is 0 Å². The standard InChI is InChI=1S/C8H8BrFO2/c9-6-3-5(1-2-11)8(12)4-7(6)10/h3-4,11-12H,1-2H2. The third kappa shape index (κ3) is 1.95. The first-order chi connectivity index (χ1) is 5.65. The molecule has 12 heavy (non-hydrogen) atoms. The van der Waals surface area contributed by atoms with Gasteiger partial charge in [0.25, 0.3) is 0 Å². The van der Waals surface area contributed by atoms with E-state index in [1.165, 1.54) is 6.07 Å². The predicted octanol–water partition coefficient (Wildman–Crippen LogP) is 1.83. The van der Waals surface area contributed by atoms with Gasteiger partial charge in [-0.25, -0.2) is 4.39 Å². The van der Waals surface area contributed by atoms with E-state index < -0.39 is 5.82 Å². The first-order valence-corrected chi connectivity index (χ1v) is 4.22. The summed E-state index contributed by atoms with van der Waals surface area (Å²) in [6, 6.07) is 2.48. The summed E-state index contributed by atoms with van der Waals surface area (Å²) in [7, 11) is 0. The Kier molecular flexibility index (Phi) is 3.05. The zero-order valence-corrected chi connectivity index (χ0v) is 7.81. The van der Waals surface area contributed by atoms with Crippen molar-refractivity contribution in [2.45, 2.75) is 6.42 Å². The van der Waals surface area contributed by atoms with Crippen molar-refractivity contribution < 1.29 is 14.6 Å². The number of hydrogen-bond acceptors (Lipinski definition) is 2. The topological polar surface area (TPSA) is 40.5 Å². The van der Waals surface area contributed by atoms with Crippen LogP contribution in [0.25, 0.3) is 0 Å². The van der Waals surface area contributed by atoms with Crippen LogP contribution in [0.4, 0.5) is 4.39 Å². The number of rotatable bonds is 2. The Morgan fingerprint density at radius 3 is 2.67 bits per heavy atom. The van der Waals surface area contributed by atoms with Crippen molar-refractivity contribution in [3.05, 3.63) is 28.0 Å². The van der Waals surface area contributed by atoms with Crippen LogP contribution in [0.2, 0.25) is 0 Å². The Hall–Kier alpha value is -0.610. The molecule has 0 spiro atoms. The maximum atomic E-state index is 12.7. The molecule has 0 aliphatic rings. The molecule has 0 aliphatic heterocycles. The van der Waals surface area contributed by atoms with E-state index in [2.05, 4.69) is 15.9 Å². The van der Waals surface area contributed by atoms with Crippen LogP contribution in [-0.4, -0.2) is 16.8 Å². The lowest BCUT2D eigenvalue weighted by Crippen LogP contribution is -1.92. The highest BCUT2D eigenvalue weighted by Crippen LogP contribution is 2.25. The van der Waals surface area contributed by atoms with E-state index >= 15 is 0 Å². The lowest BCUT2D eigenvalue weighted by atomic mass is 10.1. The zero-order valence-electron chi connectivity index (χ0n) is 6.22. The molecule has 0 aliphatic carbocycles. The molecule has 0 saturated heterocycles. The van der Waals surface area contributed by atoms with E-state index in [1.807, 2.05) is 0 Å². The van der Waals surface area contributed by atoms with Gasteiger partial charge >= 0.3 is 0 Å². The molecule has 1 aromatic carbocycles. The van der Waals surface area contributed by atoms with E-state index in [4.69, 9.17) is 5.11 Å². The Labute approximate surface area is 77.8 Å². The summed E-state index contributed by atoms with van der Waals surface area (Å²) in [6.07, 6.45) is 0.324. The fourth-order valence-corrected chi connectivity index (χ4v) is 1.29. The molecule has 1 aromatic rings. The SMILES string of the molecule is OCCc1cc(Br)c(F)cc1O. The molecule has 0 atom stereocenters. The lowest BCUT2D eigenvalue weighted by Gasteiger charge is -2.03. The fraction of sp³-hybridized carbons (Fsp3) is 0.250. The second-order valence-corrected chi connectivity index (χ2v) is 3.22. The van der Waals surface area contributed by atoms with Crippen LogP contribution < -0.4 is 0 Å². The second-order valence-electron chi connectivity index (χ2n) is 2.37. The Balaban J connectivity index is 3.05. The van der Waals surface area contributed by atoms with Gasteiger partial charge in [0.05, 0.1) is 4.47 Å². The van der Waals surface area contributed by atoms with Crippen LogP contribution in [0, 0.1) is 5.82 Å². The number of aliphatic hydroxyl groups excluding tert-OH is 1. The first kappa shape index (κ1) is 9.48. The lowest BCUT2D eigenvalue weighted by molar-refractivity contribution is 0.297. The molecular formula is C8H8BrFO2. The van der Waals surface area contributed by atoms with Crippen LogP contribution in [0.3, 0.4) is 0 Å². The van der Waals surface area contributed by atoms with Gasteiger partial charge in [-0.1, -0.05) is 0 Å². The normalized spacial score (nSPS) is 10.2. The van der Waals surface area contributed by atoms with Gasteiger partial charge in [0, 0.05) is 12.7 Å². The van der Waals surface area contributed by atoms with E-state index in [-0.39, 0.29) is 12.4 Å². The fourth-order valence-electron chi connectivity index (χ4n) is 0.898. The smallest absolute Gasteiger partial charge is 0.141 e. The summed E-state index contributed by atoms with van der Waals surface area (Å²) < 4.78 is 13.0. The molecule has 2 nitrogen and oxygen atoms in total. The zero-order chi connectivity index (χ0) is 9.14. The average molecular weight is 235 g/mol. The van der Waals surface area contributed by atoms with Crippen LogP contribution in [0.5, 0.6) is 5.75 Å². The van der Waals surface area contributed by atoms with Crippen molar-refractivity contribution in [1.82, 2.24) is 0 Å². The van der Waals surface area contributed by atoms with Crippen molar-refractivity contribution in [1.29, 1.82) is 0 Å². The van der Waals surface area contributed by atoms with Crippen LogP contribution >= 0.6 is 15.9 Å². The average Bonchev–Trinajstić information content (AvgIpc) is 2.01. The molecule has 0 amide bonds. The van der Waals surface area contributed by atoms with Crippen molar-refractivity contribution in [2.75, 3.05) is 6.61 Å². The van der Waals surface area contributed by atoms with E-state index in [0.717, 1.165) is 6.07 Å². The van der Waals surface area contributed by atoms with Crippen LogP contribution in [-0.2, 0) is 6.42 Å². The number of phenols is 1. The van der Waals surface area contributed by atoms with E-state index in [1.54, 1.807) is 0 Å². The maximum absolute atomic E-state index is 12.7. The van der Waals surface area contributed by atoms with Crippen molar-refractivity contribution in [3.63, 3.8) is 0 Å². The highest BCUT2D eigenvalue weighted by atomic mass is 79.9. The number of halogens is 2. The number of aliphatic hydroxyl groups is 1. The Bertz CT molecular complexity index is 289. The minimum Gasteiger partial charge on any atom is -0.508 e. The molecule has 1 rings (SSSR count). The van der Waals surface area contributed by atoms with Crippen molar-refractivity contribution >= 4 is 15.9 Å². The molecule has 0 aromatic heterocycles. The molecule has 66 valence electrons. The van der Waals surface area contributed by atoms with Gasteiger partial charge in [-0.3, -0.25) is 0 Å². The minimum absolute atomic E-state index is 0.0639. The third-order valence-corrected chi connectivity index (χ3v) is 2.11. The third-order valence-electron chi connectivity index (χ3n) is 1.50. The highest BCUT2D eigenvalue weighted by Gasteiger charge is 2.06. The molecule has 0 fully saturated rings. The molecule has 0 unspecified atom stereocenters. The number of aromatic hydroxyl groups is 1. The monoisotopic (exact) mass is 234 g/mol. The van der Waals surface area contributed by atoms with Gasteiger partial charge in [-0.2, -0.15) is 0 Å². The Morgan fingerprint density at radius 1 is 1.42 bits per heavy atom. The minimum atomic E-state index is -0.505. The predicted molar refractivity (Wildman–Crippen MR) is 46.6 cm³/mol. The molecular weight excluding hydrogens is 227 g/mol. The summed E-state index contributed by atoms with van der Waals surface area (Å²) >= 11 is 2.98. The number of phenolic OH excluding ortho intramolecular Hbond substituents is 1. The summed E-state index contributed by atoms with van der Waals surface area (Å²) in [5, 5.41) is 17.8. The Morgan fingerprint density at radius 2 is 2.08 bits per heavy atom. The van der Waals surface area contributed by atoms with Gasteiger partial charge < -0.3 is 10.2 Å². The number of hydrogen-bond donors (Lipinski definition) is 2. The summed E-state index contributed by atoms with van der Waals surface area (Å²) in [5.41, 5.74) is 0.533.